The summed E-state index contributed by atoms with van der Waals surface area (Å²) < 4.78 is 2.12. The minimum absolute atomic E-state index is 0.533. The van der Waals surface area contributed by atoms with Gasteiger partial charge in [-0.15, -0.1) is 0 Å². The largest absolute Gasteiger partial charge is 0.337 e. The highest BCUT2D eigenvalue weighted by Crippen LogP contribution is 2.27. The molecule has 2 aromatic rings. The van der Waals surface area contributed by atoms with Gasteiger partial charge in [0.15, 0.2) is 0 Å². The van der Waals surface area contributed by atoms with Gasteiger partial charge in [0.1, 0.15) is 5.82 Å². The van der Waals surface area contributed by atoms with E-state index < -0.39 is 0 Å². The maximum Gasteiger partial charge on any atom is 0.122 e. The van der Waals surface area contributed by atoms with Gasteiger partial charge in [0.25, 0.3) is 0 Å². The first-order valence-corrected chi connectivity index (χ1v) is 7.44. The van der Waals surface area contributed by atoms with Crippen LogP contribution in [0.15, 0.2) is 36.7 Å². The van der Waals surface area contributed by atoms with Crippen LogP contribution in [0.4, 0.5) is 0 Å². The van der Waals surface area contributed by atoms with Gasteiger partial charge in [-0.3, -0.25) is 4.90 Å². The van der Waals surface area contributed by atoms with Gasteiger partial charge in [0, 0.05) is 31.5 Å². The second-order valence-electron chi connectivity index (χ2n) is 6.05. The molecule has 0 N–H and O–H groups in total. The molecule has 0 amide bonds. The summed E-state index contributed by atoms with van der Waals surface area (Å²) in [5.41, 5.74) is 3.03. The summed E-state index contributed by atoms with van der Waals surface area (Å²) in [5.74, 6) is 1.15. The van der Waals surface area contributed by atoms with Crippen LogP contribution in [0.1, 0.15) is 30.8 Å². The van der Waals surface area contributed by atoms with Crippen molar-refractivity contribution in [1.29, 1.82) is 0 Å². The molecule has 0 radical (unpaired) electrons. The van der Waals surface area contributed by atoms with Gasteiger partial charge in [-0.05, 0) is 37.8 Å². The fraction of sp³-hybridized carbons (Fsp3) is 0.471. The molecule has 0 unspecified atom stereocenters. The summed E-state index contributed by atoms with van der Waals surface area (Å²) in [6.07, 6.45) is 6.24. The van der Waals surface area contributed by atoms with Crippen molar-refractivity contribution < 1.29 is 0 Å². The zero-order chi connectivity index (χ0) is 14.1. The van der Waals surface area contributed by atoms with Gasteiger partial charge >= 0.3 is 0 Å². The molecule has 3 heteroatoms. The fourth-order valence-corrected chi connectivity index (χ4v) is 3.22. The van der Waals surface area contributed by atoms with Crippen molar-refractivity contribution in [2.45, 2.75) is 45.3 Å². The van der Waals surface area contributed by atoms with Crippen LogP contribution in [-0.2, 0) is 26.4 Å². The molecule has 1 aromatic carbocycles. The first-order chi connectivity index (χ1) is 9.65. The Morgan fingerprint density at radius 2 is 1.90 bits per heavy atom. The molecule has 3 nitrogen and oxygen atoms in total. The van der Waals surface area contributed by atoms with E-state index in [4.69, 9.17) is 0 Å². The number of aryl methyl sites for hydroxylation is 1. The number of imidazole rings is 1. The number of aromatic nitrogens is 2. The number of hydrogen-bond acceptors (Lipinski definition) is 2. The van der Waals surface area contributed by atoms with Crippen molar-refractivity contribution in [2.24, 2.45) is 7.05 Å². The van der Waals surface area contributed by atoms with E-state index in [0.717, 1.165) is 12.4 Å². The number of hydrogen-bond donors (Lipinski definition) is 0. The second kappa shape index (κ2) is 5.41. The molecule has 0 aliphatic heterocycles. The molecular formula is C17H23N3. The summed E-state index contributed by atoms with van der Waals surface area (Å²) in [7, 11) is 2.07. The zero-order valence-corrected chi connectivity index (χ0v) is 12.6. The Bertz CT molecular complexity index is 560. The summed E-state index contributed by atoms with van der Waals surface area (Å²) in [5, 5.41) is 0. The summed E-state index contributed by atoms with van der Waals surface area (Å²) in [4.78, 5) is 7.07. The van der Waals surface area contributed by atoms with Crippen molar-refractivity contribution in [1.82, 2.24) is 14.5 Å². The van der Waals surface area contributed by atoms with Gasteiger partial charge in [-0.2, -0.15) is 0 Å². The smallest absolute Gasteiger partial charge is 0.122 e. The number of benzene rings is 1. The lowest BCUT2D eigenvalue weighted by Crippen LogP contribution is -2.41. The third-order valence-electron chi connectivity index (χ3n) is 4.41. The van der Waals surface area contributed by atoms with Crippen LogP contribution in [0.5, 0.6) is 0 Å². The molecular weight excluding hydrogens is 246 g/mol. The highest BCUT2D eigenvalue weighted by atomic mass is 15.2. The van der Waals surface area contributed by atoms with Gasteiger partial charge in [-0.25, -0.2) is 4.98 Å². The van der Waals surface area contributed by atoms with Crippen molar-refractivity contribution in [3.63, 3.8) is 0 Å². The van der Waals surface area contributed by atoms with E-state index in [1.165, 1.54) is 24.0 Å². The van der Waals surface area contributed by atoms with E-state index in [9.17, 15) is 0 Å². The lowest BCUT2D eigenvalue weighted by molar-refractivity contribution is 0.143. The van der Waals surface area contributed by atoms with Gasteiger partial charge in [-0.1, -0.05) is 24.3 Å². The van der Waals surface area contributed by atoms with Crippen molar-refractivity contribution >= 4 is 0 Å². The number of nitrogens with zero attached hydrogens (tertiary/aromatic N) is 3. The maximum absolute atomic E-state index is 4.48. The molecule has 3 rings (SSSR count). The van der Waals surface area contributed by atoms with E-state index in [2.05, 4.69) is 59.6 Å². The monoisotopic (exact) mass is 269 g/mol. The minimum atomic E-state index is 0.533. The highest BCUT2D eigenvalue weighted by Gasteiger charge is 2.28. The molecule has 0 saturated carbocycles. The summed E-state index contributed by atoms with van der Waals surface area (Å²) >= 11 is 0. The van der Waals surface area contributed by atoms with Gasteiger partial charge < -0.3 is 4.57 Å². The minimum Gasteiger partial charge on any atom is -0.337 e. The third kappa shape index (κ3) is 2.50. The van der Waals surface area contributed by atoms with E-state index in [-0.39, 0.29) is 0 Å². The van der Waals surface area contributed by atoms with Crippen molar-refractivity contribution in [3.05, 3.63) is 53.6 Å². The quantitative estimate of drug-likeness (QED) is 0.851. The predicted octanol–water partition coefficient (Wildman–Crippen LogP) is 2.80. The molecule has 0 bridgehead atoms. The maximum atomic E-state index is 4.48. The zero-order valence-electron chi connectivity index (χ0n) is 12.6. The lowest BCUT2D eigenvalue weighted by Gasteiger charge is -2.32. The molecule has 20 heavy (non-hydrogen) atoms. The van der Waals surface area contributed by atoms with E-state index in [1.807, 2.05) is 12.4 Å². The molecule has 0 atom stereocenters. The fourth-order valence-electron chi connectivity index (χ4n) is 3.22. The standard InChI is InChI=1S/C17H23N3/c1-13(2)20(12-17-18-8-9-19(17)3)16-10-14-6-4-5-7-15(14)11-16/h4-9,13,16H,10-12H2,1-3H3. The number of rotatable bonds is 4. The van der Waals surface area contributed by atoms with E-state index in [1.54, 1.807) is 0 Å². The molecule has 0 fully saturated rings. The highest BCUT2D eigenvalue weighted by molar-refractivity contribution is 5.33. The van der Waals surface area contributed by atoms with Crippen LogP contribution < -0.4 is 0 Å². The van der Waals surface area contributed by atoms with Crippen LogP contribution >= 0.6 is 0 Å². The molecule has 0 spiro atoms. The first kappa shape index (κ1) is 13.4. The molecule has 1 heterocycles. The van der Waals surface area contributed by atoms with E-state index in [0.29, 0.717) is 12.1 Å². The predicted molar refractivity (Wildman–Crippen MR) is 81.5 cm³/mol. The first-order valence-electron chi connectivity index (χ1n) is 7.44. The van der Waals surface area contributed by atoms with Gasteiger partial charge in [0.2, 0.25) is 0 Å². The Morgan fingerprint density at radius 3 is 2.40 bits per heavy atom. The lowest BCUT2D eigenvalue weighted by atomic mass is 10.1. The normalized spacial score (nSPS) is 15.2. The van der Waals surface area contributed by atoms with Crippen LogP contribution in [0.2, 0.25) is 0 Å². The van der Waals surface area contributed by atoms with Crippen molar-refractivity contribution in [3.8, 4) is 0 Å². The van der Waals surface area contributed by atoms with Crippen LogP contribution in [0.25, 0.3) is 0 Å². The Kier molecular flexibility index (Phi) is 3.62. The Balaban J connectivity index is 1.78. The Labute approximate surface area is 121 Å². The van der Waals surface area contributed by atoms with Crippen LogP contribution in [0, 0.1) is 0 Å². The SMILES string of the molecule is CC(C)N(Cc1nccn1C)C1Cc2ccccc2C1. The average Bonchev–Trinajstić information content (AvgIpc) is 3.01. The summed E-state index contributed by atoms with van der Waals surface area (Å²) in [6, 6.07) is 9.98. The molecule has 106 valence electrons. The Hall–Kier alpha value is -1.61. The molecule has 1 aliphatic carbocycles. The molecule has 0 saturated heterocycles. The number of fused-ring (bicyclic) bond motifs is 1. The molecule has 1 aromatic heterocycles. The van der Waals surface area contributed by atoms with Crippen LogP contribution in [0.3, 0.4) is 0 Å². The van der Waals surface area contributed by atoms with Crippen molar-refractivity contribution in [2.75, 3.05) is 0 Å². The third-order valence-corrected chi connectivity index (χ3v) is 4.41. The molecule has 1 aliphatic rings. The Morgan fingerprint density at radius 1 is 1.25 bits per heavy atom. The van der Waals surface area contributed by atoms with E-state index >= 15 is 0 Å². The average molecular weight is 269 g/mol. The van der Waals surface area contributed by atoms with Crippen LogP contribution in [-0.4, -0.2) is 26.5 Å². The topological polar surface area (TPSA) is 21.1 Å². The second-order valence-corrected chi connectivity index (χ2v) is 6.05. The summed E-state index contributed by atoms with van der Waals surface area (Å²) in [6.45, 7) is 5.50. The van der Waals surface area contributed by atoms with Gasteiger partial charge in [0.05, 0.1) is 6.54 Å².